The van der Waals surface area contributed by atoms with Gasteiger partial charge in [-0.15, -0.1) is 34.0 Å². The molecule has 0 saturated heterocycles. The van der Waals surface area contributed by atoms with Gasteiger partial charge in [-0.25, -0.2) is 0 Å². The summed E-state index contributed by atoms with van der Waals surface area (Å²) in [5.74, 6) is 0. The smallest absolute Gasteiger partial charge is 0.0555 e. The van der Waals surface area contributed by atoms with Gasteiger partial charge in [-0.1, -0.05) is 172 Å². The number of benzene rings is 16. The molecule has 0 fully saturated rings. The summed E-state index contributed by atoms with van der Waals surface area (Å²) >= 11 is 7.57. The van der Waals surface area contributed by atoms with Gasteiger partial charge in [0.15, 0.2) is 0 Å². The number of hydrogen-bond acceptors (Lipinski definition) is 4. The number of para-hydroxylation sites is 4. The molecule has 0 unspecified atom stereocenters. The quantitative estimate of drug-likeness (QED) is 0.153. The molecule has 25 aromatic rings. The number of fused-ring (bicyclic) bond motifs is 23. The Morgan fingerprint density at radius 2 is 0.640 bits per heavy atom. The van der Waals surface area contributed by atoms with E-state index in [1.165, 1.54) is 214 Å². The van der Waals surface area contributed by atoms with Gasteiger partial charge in [0, 0.05) is 68.9 Å². The first kappa shape index (κ1) is 67.1. The molecule has 0 N–H and O–H groups in total. The van der Waals surface area contributed by atoms with Crippen LogP contribution < -0.4 is 0 Å². The molecule has 0 spiro atoms. The van der Waals surface area contributed by atoms with Crippen LogP contribution in [0.15, 0.2) is 373 Å². The van der Waals surface area contributed by atoms with Crippen molar-refractivity contribution in [2.45, 2.75) is 19.3 Å². The molecular formula is C105H68N4S4Se. The molecule has 0 amide bonds. The van der Waals surface area contributed by atoms with Crippen molar-refractivity contribution in [3.8, 4) is 45.0 Å². The van der Waals surface area contributed by atoms with Crippen LogP contribution in [0.25, 0.3) is 203 Å². The van der Waals surface area contributed by atoms with Gasteiger partial charge in [0.2, 0.25) is 0 Å². The summed E-state index contributed by atoms with van der Waals surface area (Å²) in [4.78, 5) is 0. The second-order valence-electron chi connectivity index (χ2n) is 30.3. The molecule has 16 aromatic carbocycles. The molecule has 9 heterocycles. The molecule has 0 atom stereocenters. The monoisotopic (exact) mass is 1590 g/mol. The minimum Gasteiger partial charge on any atom is -0.309 e. The van der Waals surface area contributed by atoms with Crippen molar-refractivity contribution < 1.29 is 0 Å². The van der Waals surface area contributed by atoms with Crippen LogP contribution in [0, 0.1) is 0 Å². The molecule has 114 heavy (non-hydrogen) atoms. The van der Waals surface area contributed by atoms with Gasteiger partial charge in [0.1, 0.15) is 0 Å². The van der Waals surface area contributed by atoms with Gasteiger partial charge >= 0.3 is 178 Å². The second kappa shape index (κ2) is 26.8. The van der Waals surface area contributed by atoms with Crippen molar-refractivity contribution in [1.82, 2.24) is 18.3 Å². The Morgan fingerprint density at radius 1 is 0.237 bits per heavy atom. The summed E-state index contributed by atoms with van der Waals surface area (Å²) in [6.07, 6.45) is 0. The summed E-state index contributed by atoms with van der Waals surface area (Å²) in [5.41, 5.74) is 23.2. The zero-order chi connectivity index (χ0) is 75.3. The Labute approximate surface area is 678 Å². The predicted octanol–water partition coefficient (Wildman–Crippen LogP) is 30.5. The van der Waals surface area contributed by atoms with E-state index in [-0.39, 0.29) is 5.41 Å². The van der Waals surface area contributed by atoms with Crippen molar-refractivity contribution in [1.29, 1.82) is 0 Å². The predicted molar refractivity (Wildman–Crippen MR) is 497 cm³/mol. The number of aromatic nitrogens is 4. The van der Waals surface area contributed by atoms with Crippen LogP contribution in [0.1, 0.15) is 25.0 Å². The normalized spacial score (nSPS) is 12.5. The Balaban J connectivity index is 0.0000000903. The van der Waals surface area contributed by atoms with Gasteiger partial charge in [0.25, 0.3) is 0 Å². The van der Waals surface area contributed by atoms with Crippen LogP contribution in [0.4, 0.5) is 0 Å². The largest absolute Gasteiger partial charge is 0.309 e. The Morgan fingerprint density at radius 3 is 1.19 bits per heavy atom. The molecule has 9 aromatic heterocycles. The number of hydrogen-bond donors (Lipinski definition) is 0. The van der Waals surface area contributed by atoms with Crippen molar-refractivity contribution in [2.75, 3.05) is 0 Å². The van der Waals surface area contributed by atoms with E-state index in [1.807, 2.05) is 22.7 Å². The van der Waals surface area contributed by atoms with Crippen LogP contribution in [-0.4, -0.2) is 32.8 Å². The van der Waals surface area contributed by atoms with Gasteiger partial charge in [-0.3, -0.25) is 0 Å². The first-order valence-corrected chi connectivity index (χ1v) is 43.9. The van der Waals surface area contributed by atoms with E-state index in [0.717, 1.165) is 0 Å². The van der Waals surface area contributed by atoms with Crippen molar-refractivity contribution >= 4 is 217 Å². The first-order chi connectivity index (χ1) is 56.3. The topological polar surface area (TPSA) is 19.7 Å². The van der Waals surface area contributed by atoms with E-state index in [4.69, 9.17) is 0 Å². The van der Waals surface area contributed by atoms with Gasteiger partial charge in [0.05, 0.1) is 33.1 Å². The van der Waals surface area contributed by atoms with Crippen LogP contribution in [0.2, 0.25) is 0 Å². The van der Waals surface area contributed by atoms with E-state index in [9.17, 15) is 0 Å². The molecule has 538 valence electrons. The summed E-state index contributed by atoms with van der Waals surface area (Å²) in [6, 6.07) is 129. The molecule has 1 aliphatic carbocycles. The van der Waals surface area contributed by atoms with Crippen LogP contribution >= 0.6 is 45.3 Å². The standard InChI is InChI=1S/C29H21NS.C26H15NSSe.C26H17NS.C24H15NS/c1-29(2)24-9-5-3-7-20(24)21-12-11-19(16-25(21)29)30-26-10-6-4-8-22(26)23-15-18-13-14-31-28(18)17-27(23)30;1-3-9-21-17(6-1)20-14-16-12-13-28-24(16)15-23(20)27(21)22-10-5-8-19-18-7-2-4-11-25(18)29-26(19)22;1-2-7-18(8-3-1)19-9-6-10-21(15-19)27-24-12-5-4-11-22(24)23-16-20-13-14-28-26(20)17-25(23)27;1-2-6-17-13-19(10-9-16(17)5-1)25-22-8-4-3-7-20(22)21-14-18-11-12-26-24(18)15-23(21)25/h3-17H,1-2H3;1-15H;1-17H;1-15H. The maximum atomic E-state index is 2.50. The van der Waals surface area contributed by atoms with Gasteiger partial charge < -0.3 is 13.7 Å². The number of rotatable bonds is 5. The fraction of sp³-hybridized carbons (Fsp3) is 0.0286. The molecule has 4 nitrogen and oxygen atoms in total. The van der Waals surface area contributed by atoms with Crippen molar-refractivity contribution in [3.05, 3.63) is 384 Å². The SMILES string of the molecule is CC1(C)c2ccccc2-c2ccc(-n3c4ccccc4c4cc5ccsc5cc43)cc21.c1ccc(-c2cccc(-n3c4ccccc4c4cc5ccsc5cc43)c2)cc1.c1ccc2c(c1)[se]c1c(-n3c4ccccc4c4cc5ccsc5cc43)cccc12.c1ccc2cc(-n3c4ccccc4c4cc5ccsc5cc43)ccc2c1. The van der Waals surface area contributed by atoms with Crippen LogP contribution in [-0.2, 0) is 5.41 Å². The average Bonchev–Trinajstić information content (AvgIpc) is 1.58. The minimum atomic E-state index is 0.00170. The summed E-state index contributed by atoms with van der Waals surface area (Å²) in [5, 5.41) is 29.9. The molecule has 26 rings (SSSR count). The van der Waals surface area contributed by atoms with Crippen molar-refractivity contribution in [3.63, 3.8) is 0 Å². The molecule has 0 saturated carbocycles. The summed E-state index contributed by atoms with van der Waals surface area (Å²) in [6.45, 7) is 4.70. The Hall–Kier alpha value is -12.7. The third kappa shape index (κ3) is 10.8. The molecule has 9 heteroatoms. The first-order valence-electron chi connectivity index (χ1n) is 38.7. The van der Waals surface area contributed by atoms with Crippen LogP contribution in [0.3, 0.4) is 0 Å². The fourth-order valence-corrected chi connectivity index (χ4v) is 24.1. The molecular weight excluding hydrogens is 1520 g/mol. The van der Waals surface area contributed by atoms with E-state index in [2.05, 4.69) is 405 Å². The summed E-state index contributed by atoms with van der Waals surface area (Å²) in [7, 11) is 0. The molecule has 1 aliphatic rings. The second-order valence-corrected chi connectivity index (χ2v) is 36.3. The maximum Gasteiger partial charge on any atom is 0.0555 e. The van der Waals surface area contributed by atoms with Gasteiger partial charge in [-0.2, -0.15) is 0 Å². The summed E-state index contributed by atoms with van der Waals surface area (Å²) < 4.78 is 18.1. The third-order valence-electron chi connectivity index (χ3n) is 23.6. The zero-order valence-electron chi connectivity index (χ0n) is 62.1. The van der Waals surface area contributed by atoms with E-state index >= 15 is 0 Å². The molecule has 0 bridgehead atoms. The van der Waals surface area contributed by atoms with E-state index in [1.54, 1.807) is 22.7 Å². The van der Waals surface area contributed by atoms with Gasteiger partial charge in [-0.05, 0) is 186 Å². The number of nitrogens with zero attached hydrogens (tertiary/aromatic N) is 4. The van der Waals surface area contributed by atoms with Crippen LogP contribution in [0.5, 0.6) is 0 Å². The third-order valence-corrected chi connectivity index (χ3v) is 29.7. The zero-order valence-corrected chi connectivity index (χ0v) is 67.1. The molecule has 0 radical (unpaired) electrons. The van der Waals surface area contributed by atoms with Crippen molar-refractivity contribution in [2.24, 2.45) is 0 Å². The van der Waals surface area contributed by atoms with E-state index in [0.29, 0.717) is 14.5 Å². The molecule has 0 aliphatic heterocycles. The van der Waals surface area contributed by atoms with E-state index < -0.39 is 0 Å². The minimum absolute atomic E-state index is 0.00170. The Bertz CT molecular complexity index is 8180. The Kier molecular flexibility index (Phi) is 15.7. The average molecular weight is 1590 g/mol. The fourth-order valence-electron chi connectivity index (χ4n) is 18.3. The number of thiophene rings is 4. The maximum absolute atomic E-state index is 2.50.